The van der Waals surface area contributed by atoms with Gasteiger partial charge in [-0.1, -0.05) is 0 Å². The van der Waals surface area contributed by atoms with Gasteiger partial charge in [0.25, 0.3) is 0 Å². The molecular weight excluding hydrogens is 242 g/mol. The first-order valence-electron chi connectivity index (χ1n) is 6.04. The van der Waals surface area contributed by atoms with Crippen molar-refractivity contribution < 1.29 is 10.2 Å². The number of aromatic nitrogens is 2. The monoisotopic (exact) mass is 259 g/mol. The Morgan fingerprint density at radius 1 is 1.05 bits per heavy atom. The summed E-state index contributed by atoms with van der Waals surface area (Å²) in [5.74, 6) is 0.227. The summed E-state index contributed by atoms with van der Waals surface area (Å²) >= 11 is 0. The maximum atomic E-state index is 9.52. The highest BCUT2D eigenvalue weighted by molar-refractivity contribution is 5.61. The number of nitrogens with zero attached hydrogens (tertiary/aromatic N) is 2. The van der Waals surface area contributed by atoms with E-state index in [1.807, 2.05) is 20.9 Å². The molecule has 0 bridgehead atoms. The number of hydrogen-bond acceptors (Lipinski definition) is 5. The van der Waals surface area contributed by atoms with Crippen molar-refractivity contribution in [2.75, 3.05) is 7.05 Å². The van der Waals surface area contributed by atoms with Gasteiger partial charge in [-0.05, 0) is 39.1 Å². The fraction of sp³-hybridized carbons (Fsp3) is 0.286. The van der Waals surface area contributed by atoms with Crippen molar-refractivity contribution in [3.05, 3.63) is 35.2 Å². The van der Waals surface area contributed by atoms with E-state index in [0.717, 1.165) is 23.5 Å². The second-order valence-electron chi connectivity index (χ2n) is 4.43. The normalized spacial score (nSPS) is 10.7. The van der Waals surface area contributed by atoms with Crippen LogP contribution in [-0.2, 0) is 6.54 Å². The molecule has 1 aromatic heterocycles. The molecule has 0 saturated carbocycles. The predicted molar refractivity (Wildman–Crippen MR) is 73.0 cm³/mol. The number of aryl methyl sites for hydroxylation is 2. The van der Waals surface area contributed by atoms with Gasteiger partial charge < -0.3 is 15.5 Å². The third-order valence-corrected chi connectivity index (χ3v) is 3.01. The first-order chi connectivity index (χ1) is 9.02. The highest BCUT2D eigenvalue weighted by Crippen LogP contribution is 2.29. The van der Waals surface area contributed by atoms with E-state index < -0.39 is 0 Å². The van der Waals surface area contributed by atoms with E-state index in [0.29, 0.717) is 11.4 Å². The number of hydrogen-bond donors (Lipinski definition) is 3. The fourth-order valence-electron chi connectivity index (χ4n) is 1.96. The number of nitrogens with one attached hydrogen (secondary N) is 1. The summed E-state index contributed by atoms with van der Waals surface area (Å²) in [6.07, 6.45) is 0. The molecule has 2 rings (SSSR count). The topological polar surface area (TPSA) is 78.3 Å². The van der Waals surface area contributed by atoms with Gasteiger partial charge in [-0.15, -0.1) is 0 Å². The Morgan fingerprint density at radius 2 is 1.68 bits per heavy atom. The maximum Gasteiger partial charge on any atom is 0.159 e. The molecular formula is C14H17N3O2. The number of rotatable bonds is 3. The van der Waals surface area contributed by atoms with Crippen molar-refractivity contribution in [2.45, 2.75) is 20.4 Å². The fourth-order valence-corrected chi connectivity index (χ4v) is 1.96. The molecule has 1 heterocycles. The smallest absolute Gasteiger partial charge is 0.159 e. The van der Waals surface area contributed by atoms with Crippen LogP contribution in [-0.4, -0.2) is 27.2 Å². The molecule has 0 unspecified atom stereocenters. The lowest BCUT2D eigenvalue weighted by Gasteiger charge is -2.10. The molecule has 0 aliphatic carbocycles. The van der Waals surface area contributed by atoms with Gasteiger partial charge in [0.15, 0.2) is 17.3 Å². The molecule has 0 aliphatic heterocycles. The molecule has 0 amide bonds. The summed E-state index contributed by atoms with van der Waals surface area (Å²) in [6, 6.07) is 4.57. The van der Waals surface area contributed by atoms with Crippen molar-refractivity contribution in [3.8, 4) is 22.9 Å². The molecule has 0 saturated heterocycles. The maximum absolute atomic E-state index is 9.52. The predicted octanol–water partition coefficient (Wildman–Crippen LogP) is 1.89. The van der Waals surface area contributed by atoms with E-state index in [4.69, 9.17) is 0 Å². The third-order valence-electron chi connectivity index (χ3n) is 3.01. The minimum absolute atomic E-state index is 0.149. The van der Waals surface area contributed by atoms with Crippen molar-refractivity contribution in [2.24, 2.45) is 0 Å². The van der Waals surface area contributed by atoms with Crippen LogP contribution in [0, 0.1) is 13.8 Å². The van der Waals surface area contributed by atoms with Gasteiger partial charge in [-0.25, -0.2) is 9.97 Å². The highest BCUT2D eigenvalue weighted by atomic mass is 16.3. The van der Waals surface area contributed by atoms with E-state index in [1.165, 1.54) is 12.1 Å². The average molecular weight is 259 g/mol. The van der Waals surface area contributed by atoms with Crippen molar-refractivity contribution >= 4 is 0 Å². The van der Waals surface area contributed by atoms with Gasteiger partial charge in [0.05, 0.1) is 0 Å². The van der Waals surface area contributed by atoms with E-state index in [1.54, 1.807) is 6.07 Å². The molecule has 19 heavy (non-hydrogen) atoms. The zero-order valence-electron chi connectivity index (χ0n) is 11.2. The van der Waals surface area contributed by atoms with E-state index in [9.17, 15) is 10.2 Å². The van der Waals surface area contributed by atoms with Crippen LogP contribution < -0.4 is 5.32 Å². The lowest BCUT2D eigenvalue weighted by atomic mass is 10.1. The minimum Gasteiger partial charge on any atom is -0.504 e. The summed E-state index contributed by atoms with van der Waals surface area (Å²) < 4.78 is 0. The molecule has 5 nitrogen and oxygen atoms in total. The van der Waals surface area contributed by atoms with E-state index >= 15 is 0 Å². The van der Waals surface area contributed by atoms with Crippen LogP contribution in [0.2, 0.25) is 0 Å². The number of benzene rings is 1. The molecule has 0 radical (unpaired) electrons. The summed E-state index contributed by atoms with van der Waals surface area (Å²) in [4.78, 5) is 8.90. The standard InChI is InChI=1S/C14H17N3O2/c1-8-11(7-15-3)9(2)17-14(16-8)10-4-5-12(18)13(19)6-10/h4-6,15,18-19H,7H2,1-3H3. The Labute approximate surface area is 112 Å². The molecule has 1 aromatic carbocycles. The molecule has 0 spiro atoms. The molecule has 3 N–H and O–H groups in total. The second-order valence-corrected chi connectivity index (χ2v) is 4.43. The molecule has 0 atom stereocenters. The van der Waals surface area contributed by atoms with Gasteiger partial charge >= 0.3 is 0 Å². The first kappa shape index (κ1) is 13.3. The van der Waals surface area contributed by atoms with E-state index in [2.05, 4.69) is 15.3 Å². The Balaban J connectivity index is 2.48. The van der Waals surface area contributed by atoms with Crippen LogP contribution >= 0.6 is 0 Å². The second kappa shape index (κ2) is 5.24. The van der Waals surface area contributed by atoms with E-state index in [-0.39, 0.29) is 11.5 Å². The lowest BCUT2D eigenvalue weighted by Crippen LogP contribution is -2.11. The Hall–Kier alpha value is -2.14. The summed E-state index contributed by atoms with van der Waals surface area (Å²) in [7, 11) is 1.88. The highest BCUT2D eigenvalue weighted by Gasteiger charge is 2.10. The van der Waals surface area contributed by atoms with Crippen molar-refractivity contribution in [3.63, 3.8) is 0 Å². The van der Waals surface area contributed by atoms with Gasteiger partial charge in [-0.3, -0.25) is 0 Å². The van der Waals surface area contributed by atoms with Crippen LogP contribution in [0.15, 0.2) is 18.2 Å². The molecule has 0 fully saturated rings. The largest absolute Gasteiger partial charge is 0.504 e. The zero-order valence-corrected chi connectivity index (χ0v) is 11.2. The SMILES string of the molecule is CNCc1c(C)nc(-c2ccc(O)c(O)c2)nc1C. The summed E-state index contributed by atoms with van der Waals surface area (Å²) in [6.45, 7) is 4.59. The van der Waals surface area contributed by atoms with Crippen LogP contribution in [0.3, 0.4) is 0 Å². The quantitative estimate of drug-likeness (QED) is 0.734. The molecule has 5 heteroatoms. The Morgan fingerprint density at radius 3 is 2.21 bits per heavy atom. The molecule has 0 aliphatic rings. The Kier molecular flexibility index (Phi) is 3.66. The van der Waals surface area contributed by atoms with Gasteiger partial charge in [0.2, 0.25) is 0 Å². The van der Waals surface area contributed by atoms with Gasteiger partial charge in [-0.2, -0.15) is 0 Å². The average Bonchev–Trinajstić information content (AvgIpc) is 2.37. The molecule has 100 valence electrons. The van der Waals surface area contributed by atoms with Crippen LogP contribution in [0.25, 0.3) is 11.4 Å². The summed E-state index contributed by atoms with van der Waals surface area (Å²) in [5, 5.41) is 21.9. The Bertz CT molecular complexity index is 589. The first-order valence-corrected chi connectivity index (χ1v) is 6.04. The molecule has 2 aromatic rings. The van der Waals surface area contributed by atoms with Crippen LogP contribution in [0.4, 0.5) is 0 Å². The zero-order chi connectivity index (χ0) is 14.0. The number of aromatic hydroxyl groups is 2. The van der Waals surface area contributed by atoms with Crippen LogP contribution in [0.1, 0.15) is 17.0 Å². The van der Waals surface area contributed by atoms with Gasteiger partial charge in [0.1, 0.15) is 0 Å². The number of phenols is 2. The summed E-state index contributed by atoms with van der Waals surface area (Å²) in [5.41, 5.74) is 3.57. The minimum atomic E-state index is -0.171. The van der Waals surface area contributed by atoms with Crippen molar-refractivity contribution in [1.29, 1.82) is 0 Å². The number of phenolic OH excluding ortho intramolecular Hbond substituents is 2. The van der Waals surface area contributed by atoms with Crippen LogP contribution in [0.5, 0.6) is 11.5 Å². The lowest BCUT2D eigenvalue weighted by molar-refractivity contribution is 0.404. The third kappa shape index (κ3) is 2.66. The van der Waals surface area contributed by atoms with Gasteiger partial charge in [0, 0.05) is 29.1 Å². The van der Waals surface area contributed by atoms with Crippen molar-refractivity contribution in [1.82, 2.24) is 15.3 Å².